The number of hydrogen-bond donors (Lipinski definition) is 2. The summed E-state index contributed by atoms with van der Waals surface area (Å²) in [4.78, 5) is 18.7. The Bertz CT molecular complexity index is 1100. The normalized spacial score (nSPS) is 17.6. The quantitative estimate of drug-likeness (QED) is 0.533. The molecule has 0 bridgehead atoms. The average Bonchev–Trinajstić information content (AvgIpc) is 3.41. The molecule has 2 aromatic heterocycles. The highest BCUT2D eigenvalue weighted by Crippen LogP contribution is 2.35. The summed E-state index contributed by atoms with van der Waals surface area (Å²) in [5, 5.41) is 3.06. The lowest BCUT2D eigenvalue weighted by Crippen LogP contribution is -2.30. The van der Waals surface area contributed by atoms with Crippen LogP contribution in [0.3, 0.4) is 0 Å². The maximum absolute atomic E-state index is 13.9. The van der Waals surface area contributed by atoms with Crippen LogP contribution in [-0.2, 0) is 15.8 Å². The fourth-order valence-corrected chi connectivity index (χ4v) is 6.21. The predicted octanol–water partition coefficient (Wildman–Crippen LogP) is 3.72. The Morgan fingerprint density at radius 1 is 1.38 bits per heavy atom. The molecule has 0 fully saturated rings. The van der Waals surface area contributed by atoms with Crippen LogP contribution in [0.1, 0.15) is 12.1 Å². The number of halogens is 2. The molecule has 2 unspecified atom stereocenters. The summed E-state index contributed by atoms with van der Waals surface area (Å²) in [6, 6.07) is 10.0. The summed E-state index contributed by atoms with van der Waals surface area (Å²) < 4.78 is 41.5. The molecular weight excluding hydrogens is 438 g/mol. The third-order valence-corrected chi connectivity index (χ3v) is 8.06. The number of H-pyrrole nitrogens is 1. The van der Waals surface area contributed by atoms with E-state index in [1.165, 1.54) is 17.8 Å². The van der Waals surface area contributed by atoms with Gasteiger partial charge in [0.05, 0.1) is 23.4 Å². The summed E-state index contributed by atoms with van der Waals surface area (Å²) in [7, 11) is -2.04. The first-order valence-corrected chi connectivity index (χ1v) is 11.4. The molecule has 0 saturated carbocycles. The van der Waals surface area contributed by atoms with E-state index in [1.54, 1.807) is 29.6 Å². The number of anilines is 1. The van der Waals surface area contributed by atoms with Crippen LogP contribution < -0.4 is 10.0 Å². The molecule has 4 rings (SSSR count). The number of nitrogens with one attached hydrogen (secondary N) is 1. The maximum Gasteiger partial charge on any atom is 0.326 e. The van der Waals surface area contributed by atoms with Crippen molar-refractivity contribution in [2.24, 2.45) is 10.7 Å². The number of thiophene rings is 1. The molecule has 29 heavy (non-hydrogen) atoms. The highest BCUT2D eigenvalue weighted by Gasteiger charge is 2.29. The molecule has 0 spiro atoms. The van der Waals surface area contributed by atoms with Crippen LogP contribution in [0.5, 0.6) is 0 Å². The first-order valence-electron chi connectivity index (χ1n) is 8.58. The highest BCUT2D eigenvalue weighted by molar-refractivity contribution is 8.15. The van der Waals surface area contributed by atoms with Gasteiger partial charge in [0.25, 0.3) is 0 Å². The van der Waals surface area contributed by atoms with Gasteiger partial charge >= 0.3 is 6.55 Å². The number of fused-ring (bicyclic) bond motifs is 1. The Balaban J connectivity index is 1.69. The van der Waals surface area contributed by atoms with Crippen LogP contribution >= 0.6 is 23.1 Å². The Hall–Kier alpha value is -2.24. The number of rotatable bonds is 7. The zero-order chi connectivity index (χ0) is 20.5. The molecule has 1 aliphatic rings. The lowest BCUT2D eigenvalue weighted by Gasteiger charge is -2.22. The van der Waals surface area contributed by atoms with Gasteiger partial charge in [-0.2, -0.15) is 8.78 Å². The number of carbonyl (C=O) groups is 1. The number of nitrogens with zero attached hydrogens (tertiary/aromatic N) is 2. The molecule has 2 atom stereocenters. The lowest BCUT2D eigenvalue weighted by atomic mass is 10.2. The molecule has 11 heteroatoms. The van der Waals surface area contributed by atoms with Crippen LogP contribution in [-0.4, -0.2) is 38.5 Å². The number of benzene rings is 1. The van der Waals surface area contributed by atoms with E-state index < -0.39 is 17.5 Å². The zero-order valence-corrected chi connectivity index (χ0v) is 17.3. The predicted molar refractivity (Wildman–Crippen MR) is 114 cm³/mol. The van der Waals surface area contributed by atoms with Crippen molar-refractivity contribution in [2.45, 2.75) is 22.4 Å². The van der Waals surface area contributed by atoms with E-state index in [1.807, 2.05) is 6.07 Å². The van der Waals surface area contributed by atoms with Crippen molar-refractivity contribution in [3.63, 3.8) is 0 Å². The van der Waals surface area contributed by atoms with Crippen molar-refractivity contribution in [1.82, 2.24) is 4.98 Å². The number of para-hydroxylation sites is 1. The van der Waals surface area contributed by atoms with Crippen molar-refractivity contribution in [3.05, 3.63) is 47.5 Å². The zero-order valence-electron chi connectivity index (χ0n) is 14.9. The van der Waals surface area contributed by atoms with Crippen LogP contribution in [0.15, 0.2) is 51.0 Å². The van der Waals surface area contributed by atoms with Crippen LogP contribution in [0.25, 0.3) is 10.9 Å². The topological polar surface area (TPSA) is 91.6 Å². The Morgan fingerprint density at radius 2 is 2.21 bits per heavy atom. The van der Waals surface area contributed by atoms with Gasteiger partial charge in [0, 0.05) is 17.1 Å². The first kappa shape index (κ1) is 20.0. The second-order valence-corrected chi connectivity index (χ2v) is 10.1. The van der Waals surface area contributed by atoms with Crippen LogP contribution in [0.4, 0.5) is 14.5 Å². The van der Waals surface area contributed by atoms with E-state index >= 15 is 0 Å². The summed E-state index contributed by atoms with van der Waals surface area (Å²) in [5.74, 6) is -0.387. The number of primary amides is 1. The van der Waals surface area contributed by atoms with E-state index in [0.717, 1.165) is 11.3 Å². The van der Waals surface area contributed by atoms with Crippen molar-refractivity contribution in [3.8, 4) is 0 Å². The van der Waals surface area contributed by atoms with Crippen molar-refractivity contribution in [1.29, 1.82) is 0 Å². The second kappa shape index (κ2) is 8.25. The van der Waals surface area contributed by atoms with Gasteiger partial charge < -0.3 is 10.7 Å². The molecule has 1 aromatic carbocycles. The minimum absolute atomic E-state index is 0.0303. The van der Waals surface area contributed by atoms with Gasteiger partial charge in [-0.05, 0) is 23.6 Å². The summed E-state index contributed by atoms with van der Waals surface area (Å²) in [6.07, 6.45) is 0.224. The number of aromatic amines is 1. The van der Waals surface area contributed by atoms with Gasteiger partial charge in [0.1, 0.15) is 9.25 Å². The number of amides is 1. The maximum atomic E-state index is 13.9. The van der Waals surface area contributed by atoms with Gasteiger partial charge in [-0.15, -0.1) is 11.3 Å². The highest BCUT2D eigenvalue weighted by atomic mass is 32.2. The number of nitrogens with two attached hydrogens (primary N) is 1. The fraction of sp³-hybridized carbons (Fsp3) is 0.222. The van der Waals surface area contributed by atoms with Crippen molar-refractivity contribution >= 4 is 61.6 Å². The second-order valence-electron chi connectivity index (χ2n) is 6.27. The van der Waals surface area contributed by atoms with Crippen LogP contribution in [0.2, 0.25) is 0 Å². The molecule has 6 nitrogen and oxygen atoms in total. The SMILES string of the molecule is NC(=O)CC1CN=C(c2cc3cccc(N(C(F)F)S(=O)c4cccs4)c3[nH]2)S1. The smallest absolute Gasteiger partial charge is 0.326 e. The van der Waals surface area contributed by atoms with E-state index in [9.17, 15) is 17.8 Å². The molecule has 3 N–H and O–H groups in total. The van der Waals surface area contributed by atoms with E-state index in [-0.39, 0.29) is 23.3 Å². The molecule has 0 aliphatic carbocycles. The Labute approximate surface area is 175 Å². The van der Waals surface area contributed by atoms with E-state index in [0.29, 0.717) is 36.7 Å². The summed E-state index contributed by atoms with van der Waals surface area (Å²) in [5.41, 5.74) is 6.52. The van der Waals surface area contributed by atoms with Crippen molar-refractivity contribution < 1.29 is 17.8 Å². The number of aliphatic imine (C=N–C) groups is 1. The third-order valence-electron chi connectivity index (χ3n) is 4.27. The summed E-state index contributed by atoms with van der Waals surface area (Å²) in [6.45, 7) is -2.48. The van der Waals surface area contributed by atoms with Gasteiger partial charge in [0.2, 0.25) is 5.91 Å². The number of hydrogen-bond acceptors (Lipinski definition) is 5. The van der Waals surface area contributed by atoms with Gasteiger partial charge in [-0.3, -0.25) is 9.79 Å². The molecular formula is C18H16F2N4O2S3. The molecule has 0 saturated heterocycles. The van der Waals surface area contributed by atoms with E-state index in [4.69, 9.17) is 5.73 Å². The number of thioether (sulfide) groups is 1. The van der Waals surface area contributed by atoms with Crippen molar-refractivity contribution in [2.75, 3.05) is 10.8 Å². The number of carbonyl (C=O) groups excluding carboxylic acids is 1. The number of alkyl halides is 2. The Morgan fingerprint density at radius 3 is 2.90 bits per heavy atom. The minimum Gasteiger partial charge on any atom is -0.370 e. The van der Waals surface area contributed by atoms with Gasteiger partial charge in [-0.25, -0.2) is 8.51 Å². The molecule has 1 aliphatic heterocycles. The minimum atomic E-state index is -2.95. The monoisotopic (exact) mass is 454 g/mol. The molecule has 3 heterocycles. The van der Waals surface area contributed by atoms with Gasteiger partial charge in [0.15, 0.2) is 11.0 Å². The summed E-state index contributed by atoms with van der Waals surface area (Å²) >= 11 is 2.59. The molecule has 1 amide bonds. The average molecular weight is 455 g/mol. The molecule has 152 valence electrons. The fourth-order valence-electron chi connectivity index (χ4n) is 3.06. The van der Waals surface area contributed by atoms with Gasteiger partial charge in [-0.1, -0.05) is 30.0 Å². The number of aromatic nitrogens is 1. The standard InChI is InChI=1S/C18H16F2N4O2S3/c19-18(20)24(29(26)15-5-2-6-27-15)13-4-1-3-10-7-12(23-16(10)13)17-22-9-11(28-17)8-14(21)25/h1-7,11,18,23H,8-9H2,(H2,21,25). The molecule has 0 radical (unpaired) electrons. The van der Waals surface area contributed by atoms with E-state index in [2.05, 4.69) is 9.98 Å². The third kappa shape index (κ3) is 4.07. The first-order chi connectivity index (χ1) is 13.9. The van der Waals surface area contributed by atoms with Crippen LogP contribution in [0, 0.1) is 0 Å². The molecule has 3 aromatic rings. The Kier molecular flexibility index (Phi) is 5.70. The largest absolute Gasteiger partial charge is 0.370 e. The lowest BCUT2D eigenvalue weighted by molar-refractivity contribution is -0.117.